The fourth-order valence-electron chi connectivity index (χ4n) is 3.39. The predicted molar refractivity (Wildman–Crippen MR) is 96.2 cm³/mol. The summed E-state index contributed by atoms with van der Waals surface area (Å²) in [5, 5.41) is 3.75. The van der Waals surface area contributed by atoms with Crippen LogP contribution >= 0.6 is 0 Å². The fourth-order valence-corrected chi connectivity index (χ4v) is 3.39. The van der Waals surface area contributed by atoms with E-state index in [0.717, 1.165) is 50.3 Å². The molecule has 1 aliphatic heterocycles. The minimum absolute atomic E-state index is 0.00379. The summed E-state index contributed by atoms with van der Waals surface area (Å²) in [7, 11) is 0. The summed E-state index contributed by atoms with van der Waals surface area (Å²) in [4.78, 5) is 23.2. The van der Waals surface area contributed by atoms with Crippen LogP contribution < -0.4 is 5.56 Å². The average molecular weight is 351 g/mol. The molecule has 0 radical (unpaired) electrons. The van der Waals surface area contributed by atoms with Gasteiger partial charge in [-0.2, -0.15) is 0 Å². The Morgan fingerprint density at radius 3 is 2.62 bits per heavy atom. The number of hydrogen-bond donors (Lipinski definition) is 0. The summed E-state index contributed by atoms with van der Waals surface area (Å²) in [5.41, 5.74) is 1.59. The van der Waals surface area contributed by atoms with Crippen molar-refractivity contribution < 1.29 is 4.52 Å². The molecule has 1 aliphatic rings. The second-order valence-electron chi connectivity index (χ2n) is 6.70. The molecule has 1 fully saturated rings. The van der Waals surface area contributed by atoms with Crippen LogP contribution in [-0.2, 0) is 13.1 Å². The fraction of sp³-hybridized carbons (Fsp3) is 0.368. The summed E-state index contributed by atoms with van der Waals surface area (Å²) in [6.45, 7) is 3.53. The largest absolute Gasteiger partial charge is 0.360 e. The van der Waals surface area contributed by atoms with Gasteiger partial charge in [0.25, 0.3) is 5.56 Å². The lowest BCUT2D eigenvalue weighted by atomic mass is 9.96. The first-order valence-electron chi connectivity index (χ1n) is 8.87. The van der Waals surface area contributed by atoms with Crippen LogP contribution in [0.1, 0.15) is 18.6 Å². The number of piperidine rings is 1. The first kappa shape index (κ1) is 16.7. The number of pyridine rings is 1. The number of likely N-dealkylation sites (tertiary alicyclic amines) is 1. The molecular formula is C19H21N5O2. The minimum atomic E-state index is -0.00379. The van der Waals surface area contributed by atoms with Gasteiger partial charge in [0.2, 0.25) is 0 Å². The van der Waals surface area contributed by atoms with Gasteiger partial charge in [-0.05, 0) is 44.0 Å². The van der Waals surface area contributed by atoms with E-state index in [4.69, 9.17) is 4.52 Å². The molecule has 0 bridgehead atoms. The van der Waals surface area contributed by atoms with Crippen molar-refractivity contribution in [3.8, 4) is 11.3 Å². The van der Waals surface area contributed by atoms with Gasteiger partial charge in [-0.1, -0.05) is 5.16 Å². The second kappa shape index (κ2) is 7.61. The maximum absolute atomic E-state index is 12.4. The Labute approximate surface area is 151 Å². The third-order valence-corrected chi connectivity index (χ3v) is 4.89. The highest BCUT2D eigenvalue weighted by Gasteiger charge is 2.21. The van der Waals surface area contributed by atoms with E-state index in [1.54, 1.807) is 35.6 Å². The molecule has 0 amide bonds. The third kappa shape index (κ3) is 3.88. The predicted octanol–water partition coefficient (Wildman–Crippen LogP) is 2.21. The van der Waals surface area contributed by atoms with E-state index in [1.807, 2.05) is 18.2 Å². The smallest absolute Gasteiger partial charge is 0.253 e. The molecule has 0 saturated carbocycles. The van der Waals surface area contributed by atoms with Crippen LogP contribution in [0.2, 0.25) is 0 Å². The number of nitrogens with zero attached hydrogens (tertiary/aromatic N) is 5. The van der Waals surface area contributed by atoms with E-state index in [1.165, 1.54) is 0 Å². The number of rotatable bonds is 5. The Bertz CT molecular complexity index is 884. The highest BCUT2D eigenvalue weighted by atomic mass is 16.5. The molecule has 0 spiro atoms. The zero-order chi connectivity index (χ0) is 17.8. The molecule has 1 saturated heterocycles. The first-order chi connectivity index (χ1) is 12.8. The van der Waals surface area contributed by atoms with Gasteiger partial charge in [-0.25, -0.2) is 4.98 Å². The van der Waals surface area contributed by atoms with Crippen LogP contribution in [0.3, 0.4) is 0 Å². The van der Waals surface area contributed by atoms with Crippen molar-refractivity contribution in [3.63, 3.8) is 0 Å². The lowest BCUT2D eigenvalue weighted by Gasteiger charge is -2.31. The van der Waals surface area contributed by atoms with Gasteiger partial charge in [-0.3, -0.25) is 19.2 Å². The Morgan fingerprint density at radius 2 is 1.92 bits per heavy atom. The minimum Gasteiger partial charge on any atom is -0.360 e. The van der Waals surface area contributed by atoms with Crippen molar-refractivity contribution >= 4 is 0 Å². The summed E-state index contributed by atoms with van der Waals surface area (Å²) < 4.78 is 6.90. The van der Waals surface area contributed by atoms with Crippen molar-refractivity contribution in [3.05, 3.63) is 65.3 Å². The monoisotopic (exact) mass is 351 g/mol. The van der Waals surface area contributed by atoms with Crippen LogP contribution in [0.4, 0.5) is 0 Å². The van der Waals surface area contributed by atoms with E-state index in [-0.39, 0.29) is 5.56 Å². The van der Waals surface area contributed by atoms with Gasteiger partial charge in [-0.15, -0.1) is 0 Å². The standard InChI is InChI=1S/C19H21N5O2/c25-19-11-18(16-1-6-20-7-2-16)21-14-24(19)12-15-4-9-23(10-5-15)13-17-3-8-22-26-17/h1-3,6-8,11,14-15H,4-5,9-10,12-13H2. The maximum atomic E-state index is 12.4. The van der Waals surface area contributed by atoms with Crippen molar-refractivity contribution in [1.82, 2.24) is 24.6 Å². The quantitative estimate of drug-likeness (QED) is 0.701. The van der Waals surface area contributed by atoms with Gasteiger partial charge in [0.15, 0.2) is 5.76 Å². The van der Waals surface area contributed by atoms with E-state index in [0.29, 0.717) is 11.6 Å². The topological polar surface area (TPSA) is 77.1 Å². The average Bonchev–Trinajstić information content (AvgIpc) is 3.19. The van der Waals surface area contributed by atoms with Gasteiger partial charge in [0.05, 0.1) is 24.8 Å². The van der Waals surface area contributed by atoms with Crippen molar-refractivity contribution in [2.24, 2.45) is 5.92 Å². The molecule has 4 heterocycles. The molecule has 3 aromatic rings. The molecule has 26 heavy (non-hydrogen) atoms. The molecule has 0 atom stereocenters. The summed E-state index contributed by atoms with van der Waals surface area (Å²) >= 11 is 0. The van der Waals surface area contributed by atoms with Gasteiger partial charge in [0, 0.05) is 36.6 Å². The zero-order valence-corrected chi connectivity index (χ0v) is 14.5. The molecule has 4 rings (SSSR count). The lowest BCUT2D eigenvalue weighted by Crippen LogP contribution is -2.35. The zero-order valence-electron chi connectivity index (χ0n) is 14.5. The van der Waals surface area contributed by atoms with Crippen molar-refractivity contribution in [1.29, 1.82) is 0 Å². The summed E-state index contributed by atoms with van der Waals surface area (Å²) in [5.74, 6) is 1.39. The molecule has 7 heteroatoms. The Balaban J connectivity index is 1.35. The Kier molecular flexibility index (Phi) is 4.88. The molecule has 0 aliphatic carbocycles. The number of hydrogen-bond acceptors (Lipinski definition) is 6. The summed E-state index contributed by atoms with van der Waals surface area (Å²) in [6, 6.07) is 7.22. The molecular weight excluding hydrogens is 330 g/mol. The molecule has 3 aromatic heterocycles. The van der Waals surface area contributed by atoms with Crippen LogP contribution in [0.15, 0.2) is 58.5 Å². The second-order valence-corrected chi connectivity index (χ2v) is 6.70. The molecule has 134 valence electrons. The van der Waals surface area contributed by atoms with Crippen molar-refractivity contribution in [2.75, 3.05) is 13.1 Å². The lowest BCUT2D eigenvalue weighted by molar-refractivity contribution is 0.152. The SMILES string of the molecule is O=c1cc(-c2ccncc2)ncn1CC1CCN(Cc2ccno2)CC1. The van der Waals surface area contributed by atoms with Gasteiger partial charge < -0.3 is 4.52 Å². The molecule has 0 N–H and O–H groups in total. The van der Waals surface area contributed by atoms with E-state index in [9.17, 15) is 4.79 Å². The van der Waals surface area contributed by atoms with Crippen LogP contribution in [0.25, 0.3) is 11.3 Å². The Hall–Kier alpha value is -2.80. The molecule has 7 nitrogen and oxygen atoms in total. The van der Waals surface area contributed by atoms with Crippen LogP contribution in [0.5, 0.6) is 0 Å². The number of aromatic nitrogens is 4. The Morgan fingerprint density at radius 1 is 1.12 bits per heavy atom. The highest BCUT2D eigenvalue weighted by Crippen LogP contribution is 2.20. The van der Waals surface area contributed by atoms with Crippen LogP contribution in [0, 0.1) is 5.92 Å². The third-order valence-electron chi connectivity index (χ3n) is 4.89. The van der Waals surface area contributed by atoms with E-state index >= 15 is 0 Å². The highest BCUT2D eigenvalue weighted by molar-refractivity contribution is 5.57. The van der Waals surface area contributed by atoms with Crippen molar-refractivity contribution in [2.45, 2.75) is 25.9 Å². The maximum Gasteiger partial charge on any atom is 0.253 e. The van der Waals surface area contributed by atoms with Gasteiger partial charge in [0.1, 0.15) is 0 Å². The normalized spacial score (nSPS) is 16.0. The van der Waals surface area contributed by atoms with E-state index in [2.05, 4.69) is 20.0 Å². The van der Waals surface area contributed by atoms with E-state index < -0.39 is 0 Å². The summed E-state index contributed by atoms with van der Waals surface area (Å²) in [6.07, 6.45) is 8.87. The van der Waals surface area contributed by atoms with Crippen LogP contribution in [-0.4, -0.2) is 37.7 Å². The van der Waals surface area contributed by atoms with Gasteiger partial charge >= 0.3 is 0 Å². The molecule has 0 unspecified atom stereocenters. The molecule has 0 aromatic carbocycles. The first-order valence-corrected chi connectivity index (χ1v) is 8.87.